The summed E-state index contributed by atoms with van der Waals surface area (Å²) >= 11 is 13.4. The van der Waals surface area contributed by atoms with Crippen LogP contribution in [0, 0.1) is 0 Å². The van der Waals surface area contributed by atoms with Crippen LogP contribution in [-0.2, 0) is 4.79 Å². The number of amides is 1. The molecule has 2 rings (SSSR count). The van der Waals surface area contributed by atoms with Crippen molar-refractivity contribution in [1.82, 2.24) is 19.9 Å². The molecule has 21 heavy (non-hydrogen) atoms. The zero-order chi connectivity index (χ0) is 15.8. The average molecular weight is 347 g/mol. The fourth-order valence-electron chi connectivity index (χ4n) is 1.67. The molecule has 114 valence electrons. The molecule has 0 spiro atoms. The fourth-order valence-corrected chi connectivity index (χ4v) is 3.00. The van der Waals surface area contributed by atoms with Gasteiger partial charge in [-0.3, -0.25) is 9.20 Å². The van der Waals surface area contributed by atoms with Gasteiger partial charge in [0.15, 0.2) is 10.8 Å². The number of halogens is 2. The standard InChI is InChI=1S/C13H16Cl2N4OS/c1-7(11(20)16-13(2,3)4)21-12-18-17-10-9(15)5-8(14)6-19(10)12/h5-7H,1-4H3,(H,16,20). The molecule has 1 atom stereocenters. The van der Waals surface area contributed by atoms with Gasteiger partial charge < -0.3 is 5.32 Å². The van der Waals surface area contributed by atoms with Crippen LogP contribution in [0.3, 0.4) is 0 Å². The SMILES string of the molecule is CC(Sc1nnc2c(Cl)cc(Cl)cn12)C(=O)NC(C)(C)C. The van der Waals surface area contributed by atoms with Crippen LogP contribution in [0.15, 0.2) is 17.4 Å². The predicted octanol–water partition coefficient (Wildman–Crippen LogP) is 3.43. The van der Waals surface area contributed by atoms with Crippen LogP contribution < -0.4 is 5.32 Å². The molecule has 2 aromatic rings. The maximum Gasteiger partial charge on any atom is 0.233 e. The van der Waals surface area contributed by atoms with Gasteiger partial charge in [-0.05, 0) is 33.8 Å². The summed E-state index contributed by atoms with van der Waals surface area (Å²) in [6.07, 6.45) is 1.68. The summed E-state index contributed by atoms with van der Waals surface area (Å²) in [5.74, 6) is -0.0580. The quantitative estimate of drug-likeness (QED) is 0.865. The van der Waals surface area contributed by atoms with E-state index in [0.717, 1.165) is 0 Å². The Labute approximate surface area is 137 Å². The van der Waals surface area contributed by atoms with Crippen LogP contribution in [0.1, 0.15) is 27.7 Å². The Kier molecular flexibility index (Phi) is 4.70. The molecule has 0 aliphatic rings. The minimum atomic E-state index is -0.311. The summed E-state index contributed by atoms with van der Waals surface area (Å²) in [6.45, 7) is 7.63. The van der Waals surface area contributed by atoms with Crippen LogP contribution in [-0.4, -0.2) is 31.3 Å². The molecule has 8 heteroatoms. The highest BCUT2D eigenvalue weighted by Gasteiger charge is 2.22. The number of rotatable bonds is 3. The van der Waals surface area contributed by atoms with Crippen LogP contribution in [0.5, 0.6) is 0 Å². The van der Waals surface area contributed by atoms with Gasteiger partial charge >= 0.3 is 0 Å². The van der Waals surface area contributed by atoms with Gasteiger partial charge in [-0.1, -0.05) is 35.0 Å². The van der Waals surface area contributed by atoms with Crippen LogP contribution in [0.2, 0.25) is 10.0 Å². The van der Waals surface area contributed by atoms with Crippen LogP contribution in [0.4, 0.5) is 0 Å². The summed E-state index contributed by atoms with van der Waals surface area (Å²) in [7, 11) is 0. The first-order chi connectivity index (χ1) is 9.67. The molecule has 0 saturated heterocycles. The van der Waals surface area contributed by atoms with E-state index in [1.54, 1.807) is 16.7 Å². The zero-order valence-corrected chi connectivity index (χ0v) is 14.5. The summed E-state index contributed by atoms with van der Waals surface area (Å²) in [5, 5.41) is 12.2. The number of fused-ring (bicyclic) bond motifs is 1. The topological polar surface area (TPSA) is 59.3 Å². The normalized spacial score (nSPS) is 13.4. The maximum absolute atomic E-state index is 12.1. The number of nitrogens with one attached hydrogen (secondary N) is 1. The number of thioether (sulfide) groups is 1. The first-order valence-corrected chi connectivity index (χ1v) is 7.99. The Hall–Kier alpha value is -0.980. The van der Waals surface area contributed by atoms with Crippen LogP contribution in [0.25, 0.3) is 5.65 Å². The second-order valence-corrected chi connectivity index (χ2v) is 7.83. The largest absolute Gasteiger partial charge is 0.351 e. The summed E-state index contributed by atoms with van der Waals surface area (Å²) < 4.78 is 1.69. The van der Waals surface area contributed by atoms with Crippen molar-refractivity contribution in [1.29, 1.82) is 0 Å². The highest BCUT2D eigenvalue weighted by molar-refractivity contribution is 8.00. The lowest BCUT2D eigenvalue weighted by Gasteiger charge is -2.22. The van der Waals surface area contributed by atoms with Gasteiger partial charge in [0, 0.05) is 11.7 Å². The van der Waals surface area contributed by atoms with E-state index >= 15 is 0 Å². The van der Waals surface area contributed by atoms with E-state index in [4.69, 9.17) is 23.2 Å². The van der Waals surface area contributed by atoms with Gasteiger partial charge in [-0.25, -0.2) is 0 Å². The van der Waals surface area contributed by atoms with E-state index in [9.17, 15) is 4.79 Å². The molecular weight excluding hydrogens is 331 g/mol. The molecule has 0 fully saturated rings. The van der Waals surface area contributed by atoms with Gasteiger partial charge in [0.25, 0.3) is 0 Å². The van der Waals surface area contributed by atoms with E-state index in [-0.39, 0.29) is 16.7 Å². The fraction of sp³-hybridized carbons (Fsp3) is 0.462. The lowest BCUT2D eigenvalue weighted by Crippen LogP contribution is -2.44. The molecule has 0 aliphatic heterocycles. The molecule has 0 saturated carbocycles. The number of hydrogen-bond acceptors (Lipinski definition) is 4. The first-order valence-electron chi connectivity index (χ1n) is 6.36. The highest BCUT2D eigenvalue weighted by Crippen LogP contribution is 2.27. The van der Waals surface area contributed by atoms with Gasteiger partial charge in [0.1, 0.15) is 0 Å². The van der Waals surface area contributed by atoms with Crippen molar-refractivity contribution in [2.75, 3.05) is 0 Å². The van der Waals surface area contributed by atoms with Gasteiger partial charge in [-0.15, -0.1) is 10.2 Å². The van der Waals surface area contributed by atoms with Crippen molar-refractivity contribution in [3.63, 3.8) is 0 Å². The van der Waals surface area contributed by atoms with Crippen LogP contribution >= 0.6 is 35.0 Å². The summed E-state index contributed by atoms with van der Waals surface area (Å²) in [6, 6.07) is 1.61. The summed E-state index contributed by atoms with van der Waals surface area (Å²) in [4.78, 5) is 12.1. The van der Waals surface area contributed by atoms with Crippen molar-refractivity contribution in [3.05, 3.63) is 22.3 Å². The number of aromatic nitrogens is 3. The van der Waals surface area contributed by atoms with Crippen molar-refractivity contribution in [2.45, 2.75) is 43.6 Å². The third kappa shape index (κ3) is 4.02. The molecule has 2 heterocycles. The van der Waals surface area contributed by atoms with Gasteiger partial charge in [0.05, 0.1) is 15.3 Å². The number of nitrogens with zero attached hydrogens (tertiary/aromatic N) is 3. The Balaban J connectivity index is 2.22. The minimum Gasteiger partial charge on any atom is -0.351 e. The average Bonchev–Trinajstić information content (AvgIpc) is 2.70. The van der Waals surface area contributed by atoms with E-state index in [1.807, 2.05) is 27.7 Å². The molecule has 1 N–H and O–H groups in total. The second-order valence-electron chi connectivity index (χ2n) is 5.68. The third-order valence-electron chi connectivity index (χ3n) is 2.54. The van der Waals surface area contributed by atoms with Gasteiger partial charge in [-0.2, -0.15) is 0 Å². The lowest BCUT2D eigenvalue weighted by atomic mass is 10.1. The zero-order valence-electron chi connectivity index (χ0n) is 12.1. The molecule has 0 aromatic carbocycles. The smallest absolute Gasteiger partial charge is 0.233 e. The molecular formula is C13H16Cl2N4OS. The Bertz CT molecular complexity index is 681. The summed E-state index contributed by atoms with van der Waals surface area (Å²) in [5.41, 5.74) is 0.248. The Morgan fingerprint density at radius 1 is 1.38 bits per heavy atom. The van der Waals surface area contributed by atoms with Crippen molar-refractivity contribution in [2.24, 2.45) is 0 Å². The molecule has 0 aliphatic carbocycles. The minimum absolute atomic E-state index is 0.0580. The van der Waals surface area contributed by atoms with Crippen molar-refractivity contribution >= 4 is 46.5 Å². The molecule has 0 bridgehead atoms. The van der Waals surface area contributed by atoms with E-state index < -0.39 is 0 Å². The highest BCUT2D eigenvalue weighted by atomic mass is 35.5. The van der Waals surface area contributed by atoms with Crippen molar-refractivity contribution in [3.8, 4) is 0 Å². The maximum atomic E-state index is 12.1. The Morgan fingerprint density at radius 2 is 2.05 bits per heavy atom. The Morgan fingerprint density at radius 3 is 2.67 bits per heavy atom. The number of hydrogen-bond donors (Lipinski definition) is 1. The molecule has 5 nitrogen and oxygen atoms in total. The van der Waals surface area contributed by atoms with Crippen molar-refractivity contribution < 1.29 is 4.79 Å². The van der Waals surface area contributed by atoms with E-state index in [1.165, 1.54) is 11.8 Å². The predicted molar refractivity (Wildman–Crippen MR) is 86.2 cm³/mol. The van der Waals surface area contributed by atoms with E-state index in [2.05, 4.69) is 15.5 Å². The third-order valence-corrected chi connectivity index (χ3v) is 4.09. The van der Waals surface area contributed by atoms with E-state index in [0.29, 0.717) is 20.8 Å². The molecule has 2 aromatic heterocycles. The number of pyridine rings is 1. The molecule has 1 amide bonds. The first kappa shape index (κ1) is 16.4. The second kappa shape index (κ2) is 6.02. The van der Waals surface area contributed by atoms with Gasteiger partial charge in [0.2, 0.25) is 5.91 Å². The number of carbonyl (C=O) groups is 1. The number of carbonyl (C=O) groups excluding carboxylic acids is 1. The molecule has 1 unspecified atom stereocenters. The molecule has 0 radical (unpaired) electrons. The lowest BCUT2D eigenvalue weighted by molar-refractivity contribution is -0.121. The monoisotopic (exact) mass is 346 g/mol.